The number of anilines is 1. The van der Waals surface area contributed by atoms with Crippen LogP contribution in [0.3, 0.4) is 0 Å². The fourth-order valence-electron chi connectivity index (χ4n) is 6.09. The zero-order valence-electron chi connectivity index (χ0n) is 23.6. The number of fused-ring (bicyclic) bond motifs is 2. The number of benzene rings is 1. The van der Waals surface area contributed by atoms with Crippen molar-refractivity contribution in [1.82, 2.24) is 50.7 Å². The number of amides is 4. The predicted molar refractivity (Wildman–Crippen MR) is 156 cm³/mol. The third-order valence-electron chi connectivity index (χ3n) is 7.95. The highest BCUT2D eigenvalue weighted by Gasteiger charge is 2.52. The van der Waals surface area contributed by atoms with Crippen molar-refractivity contribution in [2.75, 3.05) is 25.9 Å². The van der Waals surface area contributed by atoms with Crippen molar-refractivity contribution in [3.8, 4) is 0 Å². The van der Waals surface area contributed by atoms with Crippen molar-refractivity contribution in [3.05, 3.63) is 47.8 Å². The van der Waals surface area contributed by atoms with Crippen molar-refractivity contribution in [3.63, 3.8) is 0 Å². The number of hydrogen-bond acceptors (Lipinski definition) is 10. The topological polar surface area (TPSA) is 170 Å². The average Bonchev–Trinajstić information content (AvgIpc) is 3.71. The van der Waals surface area contributed by atoms with Gasteiger partial charge in [0.15, 0.2) is 5.13 Å². The van der Waals surface area contributed by atoms with E-state index >= 15 is 0 Å². The number of carbonyl (C=O) groups is 3. The Morgan fingerprint density at radius 3 is 2.83 bits per heavy atom. The summed E-state index contributed by atoms with van der Waals surface area (Å²) >= 11 is 1.40. The van der Waals surface area contributed by atoms with Gasteiger partial charge in [-0.05, 0) is 49.5 Å². The largest absolute Gasteiger partial charge is 0.375 e. The first-order valence-electron chi connectivity index (χ1n) is 13.9. The Morgan fingerprint density at radius 2 is 2.14 bits per heavy atom. The van der Waals surface area contributed by atoms with E-state index < -0.39 is 12.2 Å². The molecule has 0 bridgehead atoms. The molecule has 42 heavy (non-hydrogen) atoms. The molecule has 3 aliphatic rings. The van der Waals surface area contributed by atoms with Gasteiger partial charge in [0.1, 0.15) is 12.2 Å². The number of hydrazine groups is 1. The molecule has 4 N–H and O–H groups in total. The fourth-order valence-corrected chi connectivity index (χ4v) is 6.87. The lowest BCUT2D eigenvalue weighted by molar-refractivity contribution is -0.159. The number of urea groups is 1. The molecule has 0 radical (unpaired) electrons. The van der Waals surface area contributed by atoms with Crippen LogP contribution in [0.5, 0.6) is 0 Å². The first kappa shape index (κ1) is 27.8. The minimum Gasteiger partial charge on any atom is -0.375 e. The number of H-pyrrole nitrogens is 1. The Labute approximate surface area is 246 Å². The number of piperazine rings is 1. The summed E-state index contributed by atoms with van der Waals surface area (Å²) in [6.07, 6.45) is 6.59. The van der Waals surface area contributed by atoms with E-state index in [4.69, 9.17) is 5.73 Å². The number of carbonyl (C=O) groups excluding carboxylic acids is 3. The molecule has 4 heterocycles. The van der Waals surface area contributed by atoms with E-state index in [0.29, 0.717) is 30.3 Å². The molecular weight excluding hydrogens is 558 g/mol. The van der Waals surface area contributed by atoms with E-state index in [0.717, 1.165) is 21.4 Å². The lowest BCUT2D eigenvalue weighted by Crippen LogP contribution is -2.66. The van der Waals surface area contributed by atoms with E-state index in [1.807, 2.05) is 50.3 Å². The minimum atomic E-state index is -0.700. The second kappa shape index (κ2) is 11.1. The van der Waals surface area contributed by atoms with Gasteiger partial charge in [0.2, 0.25) is 17.6 Å². The zero-order chi connectivity index (χ0) is 29.5. The number of rotatable bonds is 7. The molecule has 2 saturated heterocycles. The van der Waals surface area contributed by atoms with Gasteiger partial charge in [0, 0.05) is 25.2 Å². The summed E-state index contributed by atoms with van der Waals surface area (Å²) in [5.41, 5.74) is 8.51. The number of nitrogen functional groups attached to an aromatic ring is 1. The molecular formula is C27H33N11O3S. The van der Waals surface area contributed by atoms with Crippen LogP contribution in [-0.2, 0) is 16.1 Å². The van der Waals surface area contributed by atoms with Crippen LogP contribution in [0.2, 0.25) is 0 Å². The van der Waals surface area contributed by atoms with E-state index in [1.54, 1.807) is 26.9 Å². The van der Waals surface area contributed by atoms with Gasteiger partial charge in [-0.15, -0.1) is 10.2 Å². The smallest absolute Gasteiger partial charge is 0.331 e. The number of aromatic amines is 1. The maximum atomic E-state index is 14.2. The van der Waals surface area contributed by atoms with Gasteiger partial charge in [-0.3, -0.25) is 14.6 Å². The highest BCUT2D eigenvalue weighted by Crippen LogP contribution is 2.35. The second-order valence-electron chi connectivity index (χ2n) is 10.9. The Morgan fingerprint density at radius 1 is 1.31 bits per heavy atom. The Kier molecular flexibility index (Phi) is 7.36. The summed E-state index contributed by atoms with van der Waals surface area (Å²) in [6, 6.07) is 4.64. The quantitative estimate of drug-likeness (QED) is 0.369. The zero-order valence-corrected chi connectivity index (χ0v) is 24.4. The average molecular weight is 592 g/mol. The summed E-state index contributed by atoms with van der Waals surface area (Å²) in [5, 5.41) is 20.7. The van der Waals surface area contributed by atoms with E-state index in [2.05, 4.69) is 30.9 Å². The van der Waals surface area contributed by atoms with Crippen molar-refractivity contribution < 1.29 is 14.4 Å². The molecule has 14 nitrogen and oxygen atoms in total. The van der Waals surface area contributed by atoms with Gasteiger partial charge in [-0.2, -0.15) is 10.2 Å². The van der Waals surface area contributed by atoms with Crippen molar-refractivity contribution in [2.24, 2.45) is 5.92 Å². The molecule has 4 amide bonds. The first-order valence-corrected chi connectivity index (χ1v) is 14.7. The number of aromatic nitrogens is 5. The van der Waals surface area contributed by atoms with Crippen LogP contribution >= 0.6 is 11.3 Å². The van der Waals surface area contributed by atoms with E-state index in [1.165, 1.54) is 11.3 Å². The molecule has 6 rings (SSSR count). The molecule has 3 atom stereocenters. The number of tetrazole rings is 1. The molecule has 3 aromatic rings. The normalized spacial score (nSPS) is 22.7. The lowest BCUT2D eigenvalue weighted by Gasteiger charge is -2.47. The first-order chi connectivity index (χ1) is 20.2. The van der Waals surface area contributed by atoms with Crippen LogP contribution in [0.15, 0.2) is 36.4 Å². The number of para-hydroxylation sites is 1. The van der Waals surface area contributed by atoms with Crippen molar-refractivity contribution in [2.45, 2.75) is 51.5 Å². The highest BCUT2D eigenvalue weighted by molar-refractivity contribution is 7.22. The van der Waals surface area contributed by atoms with Crippen LogP contribution < -0.4 is 11.1 Å². The lowest BCUT2D eigenvalue weighted by atomic mass is 9.88. The molecule has 1 unspecified atom stereocenters. The van der Waals surface area contributed by atoms with Gasteiger partial charge in [0.05, 0.1) is 23.3 Å². The van der Waals surface area contributed by atoms with E-state index in [-0.39, 0.29) is 42.9 Å². The Bertz CT molecular complexity index is 1570. The molecule has 0 saturated carbocycles. The maximum absolute atomic E-state index is 14.2. The standard InChI is InChI=1S/C27H33N11O3S/c1-15(2)38(27(41)29-3)36-14-22(39)37-19(11-16-7-9-17(10-8-16)24-31-33-34-32-24)25(40)35(13-21(36)37)12-18-5-4-6-20-23(18)30-26(28)42-20/h4-7,9-10,15-16,19,21H,8,11-14H2,1-3H3,(H2,28,30)(H,29,41)(H,31,32,33,34)/t16?,19-,21+/m0/s1. The molecule has 2 fully saturated rings. The fraction of sp³-hybridized carbons (Fsp3) is 0.444. The number of nitrogens with two attached hydrogens (primary N) is 1. The molecule has 1 aromatic carbocycles. The summed E-state index contributed by atoms with van der Waals surface area (Å²) in [5.74, 6) is 0.220. The Balaban J connectivity index is 1.32. The molecule has 15 heteroatoms. The summed E-state index contributed by atoms with van der Waals surface area (Å²) in [6.45, 7) is 4.37. The van der Waals surface area contributed by atoms with Crippen LogP contribution in [0.1, 0.15) is 38.1 Å². The SMILES string of the molecule is CNC(=O)N(C(C)C)N1CC(=O)N2[C@@H](CC3C=CC(c4nn[nH]n4)=CC3)C(=O)N(Cc3cccc4sc(N)nc34)C[C@@H]21. The summed E-state index contributed by atoms with van der Waals surface area (Å²) in [7, 11) is 1.57. The van der Waals surface area contributed by atoms with E-state index in [9.17, 15) is 14.4 Å². The van der Waals surface area contributed by atoms with Gasteiger partial charge in [-0.1, -0.05) is 41.7 Å². The Hall–Kier alpha value is -4.37. The summed E-state index contributed by atoms with van der Waals surface area (Å²) < 4.78 is 0.951. The van der Waals surface area contributed by atoms with Crippen LogP contribution in [-0.4, -0.2) is 102 Å². The number of allylic oxidation sites excluding steroid dienone is 4. The van der Waals surface area contributed by atoms with Gasteiger partial charge < -0.3 is 20.9 Å². The third-order valence-corrected chi connectivity index (χ3v) is 8.80. The minimum absolute atomic E-state index is 0.00841. The van der Waals surface area contributed by atoms with Gasteiger partial charge >= 0.3 is 6.03 Å². The molecule has 220 valence electrons. The van der Waals surface area contributed by atoms with Gasteiger partial charge in [0.25, 0.3) is 0 Å². The van der Waals surface area contributed by atoms with Crippen molar-refractivity contribution >= 4 is 50.1 Å². The van der Waals surface area contributed by atoms with Crippen LogP contribution in [0.25, 0.3) is 15.8 Å². The molecule has 2 aromatic heterocycles. The van der Waals surface area contributed by atoms with Crippen LogP contribution in [0.4, 0.5) is 9.93 Å². The molecule has 2 aliphatic heterocycles. The second-order valence-corrected chi connectivity index (χ2v) is 12.0. The highest BCUT2D eigenvalue weighted by atomic mass is 32.1. The predicted octanol–water partition coefficient (Wildman–Crippen LogP) is 1.59. The van der Waals surface area contributed by atoms with Gasteiger partial charge in [-0.25, -0.2) is 9.78 Å². The third kappa shape index (κ3) is 4.98. The monoisotopic (exact) mass is 591 g/mol. The summed E-state index contributed by atoms with van der Waals surface area (Å²) in [4.78, 5) is 48.7. The van der Waals surface area contributed by atoms with Crippen LogP contribution in [0, 0.1) is 5.92 Å². The number of thiazole rings is 1. The number of nitrogens with zero attached hydrogens (tertiary/aromatic N) is 8. The number of nitrogens with one attached hydrogen (secondary N) is 2. The molecule has 1 aliphatic carbocycles. The molecule has 0 spiro atoms. The van der Waals surface area contributed by atoms with Crippen molar-refractivity contribution in [1.29, 1.82) is 0 Å². The number of hydrogen-bond donors (Lipinski definition) is 3. The maximum Gasteiger partial charge on any atom is 0.331 e.